The Morgan fingerprint density at radius 1 is 1.13 bits per heavy atom. The Kier molecular flexibility index (Phi) is 5.05. The molecule has 2 aromatic heterocycles. The molecule has 0 unspecified atom stereocenters. The van der Waals surface area contributed by atoms with E-state index >= 15 is 0 Å². The molecule has 0 bridgehead atoms. The summed E-state index contributed by atoms with van der Waals surface area (Å²) in [5.41, 5.74) is 0.488. The Bertz CT molecular complexity index is 1360. The number of rotatable bonds is 5. The van der Waals surface area contributed by atoms with Crippen molar-refractivity contribution in [3.8, 4) is 17.2 Å². The maximum absolute atomic E-state index is 13.8. The predicted molar refractivity (Wildman–Crippen MR) is 110 cm³/mol. The van der Waals surface area contributed by atoms with Gasteiger partial charge in [-0.05, 0) is 42.8 Å². The molecular weight excluding hydrogens is 389 g/mol. The van der Waals surface area contributed by atoms with Crippen LogP contribution in [0.15, 0.2) is 64.3 Å². The second kappa shape index (κ2) is 7.82. The van der Waals surface area contributed by atoms with Crippen LogP contribution in [0, 0.1) is 12.7 Å². The van der Waals surface area contributed by atoms with E-state index in [1.54, 1.807) is 43.3 Å². The molecule has 0 radical (unpaired) electrons. The molecule has 4 rings (SSSR count). The van der Waals surface area contributed by atoms with E-state index in [0.29, 0.717) is 28.3 Å². The summed E-state index contributed by atoms with van der Waals surface area (Å²) < 4.78 is 25.8. The first-order valence-corrected chi connectivity index (χ1v) is 9.15. The van der Waals surface area contributed by atoms with Crippen LogP contribution in [-0.2, 0) is 6.61 Å². The molecule has 0 aliphatic rings. The van der Waals surface area contributed by atoms with Gasteiger partial charge in [0.2, 0.25) is 0 Å². The zero-order valence-electron chi connectivity index (χ0n) is 16.3. The summed E-state index contributed by atoms with van der Waals surface area (Å²) in [4.78, 5) is 32.5. The Hall–Kier alpha value is -3.94. The van der Waals surface area contributed by atoms with Crippen molar-refractivity contribution < 1.29 is 13.9 Å². The van der Waals surface area contributed by atoms with Crippen LogP contribution in [0.2, 0.25) is 0 Å². The Balaban J connectivity index is 1.80. The minimum absolute atomic E-state index is 0.0913. The smallest absolute Gasteiger partial charge is 0.333 e. The van der Waals surface area contributed by atoms with Crippen LogP contribution < -0.4 is 20.7 Å². The summed E-state index contributed by atoms with van der Waals surface area (Å²) in [6.45, 7) is 1.68. The standard InChI is InChI=1S/C22H18FN3O4/c1-13-8-9-14(30-12-17-15(23)5-4-10-24-17)11-18(13)26-21(27)20-16(25-22(26)28)6-3-7-19(20)29-2/h3-11H,12H2,1-2H3,(H,25,28). The average Bonchev–Trinajstić information content (AvgIpc) is 2.74. The molecule has 4 aromatic rings. The maximum Gasteiger partial charge on any atom is 0.333 e. The lowest BCUT2D eigenvalue weighted by atomic mass is 10.1. The normalized spacial score (nSPS) is 10.9. The van der Waals surface area contributed by atoms with Crippen molar-refractivity contribution in [2.75, 3.05) is 7.11 Å². The van der Waals surface area contributed by atoms with Gasteiger partial charge in [-0.2, -0.15) is 0 Å². The van der Waals surface area contributed by atoms with Crippen molar-refractivity contribution in [2.24, 2.45) is 0 Å². The van der Waals surface area contributed by atoms with Gasteiger partial charge in [0.05, 0.1) is 18.3 Å². The number of aromatic amines is 1. The van der Waals surface area contributed by atoms with Gasteiger partial charge in [0, 0.05) is 12.3 Å². The number of pyridine rings is 1. The SMILES string of the molecule is COc1cccc2[nH]c(=O)n(-c3cc(OCc4ncccc4F)ccc3C)c(=O)c12. The van der Waals surface area contributed by atoms with E-state index in [9.17, 15) is 14.0 Å². The zero-order valence-corrected chi connectivity index (χ0v) is 16.3. The first kappa shape index (κ1) is 19.4. The highest BCUT2D eigenvalue weighted by Gasteiger charge is 2.15. The lowest BCUT2D eigenvalue weighted by molar-refractivity contribution is 0.294. The van der Waals surface area contributed by atoms with Gasteiger partial charge in [0.1, 0.15) is 35.0 Å². The predicted octanol–water partition coefficient (Wildman–Crippen LogP) is 3.11. The van der Waals surface area contributed by atoms with Crippen molar-refractivity contribution in [1.29, 1.82) is 0 Å². The third kappa shape index (κ3) is 3.43. The van der Waals surface area contributed by atoms with Crippen molar-refractivity contribution in [1.82, 2.24) is 14.5 Å². The van der Waals surface area contributed by atoms with Gasteiger partial charge in [0.15, 0.2) is 0 Å². The minimum atomic E-state index is -0.586. The number of nitrogens with one attached hydrogen (secondary N) is 1. The summed E-state index contributed by atoms with van der Waals surface area (Å²) in [7, 11) is 1.46. The second-order valence-corrected chi connectivity index (χ2v) is 6.62. The van der Waals surface area contributed by atoms with Gasteiger partial charge in [-0.3, -0.25) is 9.78 Å². The van der Waals surface area contributed by atoms with E-state index < -0.39 is 17.1 Å². The number of methoxy groups -OCH3 is 1. The highest BCUT2D eigenvalue weighted by atomic mass is 19.1. The number of hydrogen-bond acceptors (Lipinski definition) is 5. The third-order valence-corrected chi connectivity index (χ3v) is 4.74. The Morgan fingerprint density at radius 3 is 2.73 bits per heavy atom. The molecule has 7 nitrogen and oxygen atoms in total. The number of aromatic nitrogens is 3. The zero-order chi connectivity index (χ0) is 21.3. The number of benzene rings is 2. The van der Waals surface area contributed by atoms with E-state index in [0.717, 1.165) is 4.57 Å². The topological polar surface area (TPSA) is 86.2 Å². The van der Waals surface area contributed by atoms with Gasteiger partial charge < -0.3 is 14.5 Å². The number of fused-ring (bicyclic) bond motifs is 1. The summed E-state index contributed by atoms with van der Waals surface area (Å²) >= 11 is 0. The van der Waals surface area contributed by atoms with Gasteiger partial charge in [-0.1, -0.05) is 12.1 Å². The fourth-order valence-electron chi connectivity index (χ4n) is 3.22. The molecule has 1 N–H and O–H groups in total. The molecule has 152 valence electrons. The number of aryl methyl sites for hydroxylation is 1. The summed E-state index contributed by atoms with van der Waals surface area (Å²) in [5.74, 6) is 0.254. The van der Waals surface area contributed by atoms with Crippen LogP contribution in [0.3, 0.4) is 0 Å². The molecule has 0 atom stereocenters. The van der Waals surface area contributed by atoms with E-state index in [1.165, 1.54) is 25.4 Å². The Morgan fingerprint density at radius 2 is 1.97 bits per heavy atom. The molecule has 0 amide bonds. The molecule has 0 saturated carbocycles. The van der Waals surface area contributed by atoms with Gasteiger partial charge in [-0.25, -0.2) is 13.8 Å². The van der Waals surface area contributed by atoms with Crippen LogP contribution in [0.5, 0.6) is 11.5 Å². The van der Waals surface area contributed by atoms with E-state index in [-0.39, 0.29) is 17.7 Å². The molecule has 8 heteroatoms. The molecule has 0 spiro atoms. The van der Waals surface area contributed by atoms with Gasteiger partial charge in [0.25, 0.3) is 5.56 Å². The summed E-state index contributed by atoms with van der Waals surface area (Å²) in [6, 6.07) is 12.7. The quantitative estimate of drug-likeness (QED) is 0.549. The fraction of sp³-hybridized carbons (Fsp3) is 0.136. The largest absolute Gasteiger partial charge is 0.496 e. The van der Waals surface area contributed by atoms with E-state index in [1.807, 2.05) is 0 Å². The van der Waals surface area contributed by atoms with Crippen molar-refractivity contribution in [2.45, 2.75) is 13.5 Å². The highest BCUT2D eigenvalue weighted by Crippen LogP contribution is 2.23. The van der Waals surface area contributed by atoms with Crippen molar-refractivity contribution >= 4 is 10.9 Å². The molecule has 0 aliphatic carbocycles. The number of ether oxygens (including phenoxy) is 2. The monoisotopic (exact) mass is 407 g/mol. The van der Waals surface area contributed by atoms with Crippen LogP contribution >= 0.6 is 0 Å². The van der Waals surface area contributed by atoms with E-state index in [2.05, 4.69) is 9.97 Å². The summed E-state index contributed by atoms with van der Waals surface area (Å²) in [5, 5.41) is 0.265. The molecule has 2 aromatic carbocycles. The third-order valence-electron chi connectivity index (χ3n) is 4.74. The molecule has 0 saturated heterocycles. The van der Waals surface area contributed by atoms with Gasteiger partial charge in [-0.15, -0.1) is 0 Å². The van der Waals surface area contributed by atoms with Crippen LogP contribution in [0.25, 0.3) is 16.6 Å². The molecule has 0 fully saturated rings. The number of nitrogens with zero attached hydrogens (tertiary/aromatic N) is 2. The number of halogens is 1. The molecule has 0 aliphatic heterocycles. The highest BCUT2D eigenvalue weighted by molar-refractivity contribution is 5.84. The fourth-order valence-corrected chi connectivity index (χ4v) is 3.22. The average molecular weight is 407 g/mol. The molecule has 2 heterocycles. The van der Waals surface area contributed by atoms with Gasteiger partial charge >= 0.3 is 5.69 Å². The number of H-pyrrole nitrogens is 1. The molecular formula is C22H18FN3O4. The maximum atomic E-state index is 13.8. The first-order valence-electron chi connectivity index (χ1n) is 9.15. The lowest BCUT2D eigenvalue weighted by Crippen LogP contribution is -2.34. The minimum Gasteiger partial charge on any atom is -0.496 e. The Labute approximate surface area is 170 Å². The van der Waals surface area contributed by atoms with E-state index in [4.69, 9.17) is 9.47 Å². The number of hydrogen-bond donors (Lipinski definition) is 1. The van der Waals surface area contributed by atoms with Crippen LogP contribution in [0.1, 0.15) is 11.3 Å². The second-order valence-electron chi connectivity index (χ2n) is 6.62. The van der Waals surface area contributed by atoms with Crippen LogP contribution in [0.4, 0.5) is 4.39 Å². The summed E-state index contributed by atoms with van der Waals surface area (Å²) in [6.07, 6.45) is 1.48. The lowest BCUT2D eigenvalue weighted by Gasteiger charge is -2.13. The van der Waals surface area contributed by atoms with Crippen molar-refractivity contribution in [3.05, 3.63) is 92.6 Å². The van der Waals surface area contributed by atoms with Crippen LogP contribution in [-0.4, -0.2) is 21.6 Å². The van der Waals surface area contributed by atoms with Crippen molar-refractivity contribution in [3.63, 3.8) is 0 Å². The molecule has 30 heavy (non-hydrogen) atoms. The first-order chi connectivity index (χ1) is 14.5.